The van der Waals surface area contributed by atoms with Gasteiger partial charge in [-0.2, -0.15) is 0 Å². The molecule has 12 rings (SSSR count). The van der Waals surface area contributed by atoms with Crippen molar-refractivity contribution in [1.29, 1.82) is 0 Å². The van der Waals surface area contributed by atoms with Gasteiger partial charge in [-0.3, -0.25) is 0 Å². The summed E-state index contributed by atoms with van der Waals surface area (Å²) in [5.74, 6) is 0. The fraction of sp³-hybridized carbons (Fsp3) is 0.0545. The Bertz CT molecular complexity index is 3350. The Labute approximate surface area is 341 Å². The first-order valence-electron chi connectivity index (χ1n) is 20.1. The predicted molar refractivity (Wildman–Crippen MR) is 248 cm³/mol. The van der Waals surface area contributed by atoms with Crippen molar-refractivity contribution in [3.8, 4) is 43.1 Å². The molecule has 0 atom stereocenters. The highest BCUT2D eigenvalue weighted by atomic mass is 32.1. The topological polar surface area (TPSA) is 7.65 Å². The van der Waals surface area contributed by atoms with E-state index in [9.17, 15) is 0 Å². The molecular weight excluding hydrogens is 721 g/mol. The second-order valence-corrected chi connectivity index (χ2v) is 17.1. The molecule has 274 valence electrons. The summed E-state index contributed by atoms with van der Waals surface area (Å²) in [4.78, 5) is 5.08. The van der Waals surface area contributed by atoms with Crippen molar-refractivity contribution in [2.45, 2.75) is 19.3 Å². The van der Waals surface area contributed by atoms with Crippen molar-refractivity contribution in [3.63, 3.8) is 0 Å². The first-order valence-corrected chi connectivity index (χ1v) is 20.9. The molecule has 8 aromatic carbocycles. The number of anilines is 3. The van der Waals surface area contributed by atoms with E-state index in [0.717, 1.165) is 11.4 Å². The number of para-hydroxylation sites is 2. The zero-order valence-corrected chi connectivity index (χ0v) is 33.1. The molecular formula is C55H38N2S. The van der Waals surface area contributed by atoms with Gasteiger partial charge in [0.25, 0.3) is 0 Å². The average Bonchev–Trinajstić information content (AvgIpc) is 4.00. The van der Waals surface area contributed by atoms with E-state index in [4.69, 9.17) is 0 Å². The van der Waals surface area contributed by atoms with Crippen LogP contribution in [0.15, 0.2) is 194 Å². The van der Waals surface area contributed by atoms with Gasteiger partial charge in [-0.1, -0.05) is 172 Å². The third-order valence-corrected chi connectivity index (χ3v) is 13.8. The summed E-state index contributed by atoms with van der Waals surface area (Å²) in [5.41, 5.74) is 17.4. The number of rotatable bonds is 6. The van der Waals surface area contributed by atoms with Gasteiger partial charge < -0.3 is 9.30 Å². The summed E-state index contributed by atoms with van der Waals surface area (Å²) in [6.45, 7) is 4.76. The largest absolute Gasteiger partial charge is 0.310 e. The summed E-state index contributed by atoms with van der Waals surface area (Å²) in [6.07, 6.45) is 0. The number of hydrogen-bond donors (Lipinski definition) is 0. The van der Waals surface area contributed by atoms with E-state index in [1.807, 2.05) is 11.3 Å². The summed E-state index contributed by atoms with van der Waals surface area (Å²) in [7, 11) is 0. The van der Waals surface area contributed by atoms with E-state index in [0.29, 0.717) is 0 Å². The van der Waals surface area contributed by atoms with Crippen LogP contribution in [0.5, 0.6) is 0 Å². The smallest absolute Gasteiger partial charge is 0.0734 e. The molecule has 0 fully saturated rings. The highest BCUT2D eigenvalue weighted by molar-refractivity contribution is 7.21. The standard InChI is InChI=1S/C55H38N2S/c1-55(2)46-27-11-9-22-41(46)43-24-15-29-48(50(43)55)56(40-21-13-20-38(34-40)35-16-5-3-6-17-35)39-32-30-37(31-33-39)54-52-49(53(58-54)36-18-7-4-8-19-36)45-26-14-25-44-42-23-10-12-28-47(42)57(52)51(44)45/h3-34H,1-2H3. The number of thiophene rings is 1. The SMILES string of the molecule is CC1(C)c2ccccc2-c2cccc(N(c3ccc(-c4sc(-c5ccccc5)c5c6cccc7c8ccccc8n(c45)c76)cc3)c3cccc(-c4ccccc4)c3)c21. The van der Waals surface area contributed by atoms with Gasteiger partial charge in [0.2, 0.25) is 0 Å². The molecule has 3 aromatic heterocycles. The van der Waals surface area contributed by atoms with Crippen LogP contribution in [0, 0.1) is 0 Å². The highest BCUT2D eigenvalue weighted by Gasteiger charge is 2.38. The van der Waals surface area contributed by atoms with Gasteiger partial charge >= 0.3 is 0 Å². The Morgan fingerprint density at radius 2 is 1.07 bits per heavy atom. The van der Waals surface area contributed by atoms with Crippen molar-refractivity contribution in [2.75, 3.05) is 4.90 Å². The normalized spacial score (nSPS) is 13.1. The van der Waals surface area contributed by atoms with Crippen LogP contribution >= 0.6 is 11.3 Å². The molecule has 0 N–H and O–H groups in total. The zero-order valence-electron chi connectivity index (χ0n) is 32.3. The molecule has 1 aliphatic carbocycles. The molecule has 3 heterocycles. The third kappa shape index (κ3) is 4.71. The summed E-state index contributed by atoms with van der Waals surface area (Å²) < 4.78 is 2.54. The van der Waals surface area contributed by atoms with Crippen LogP contribution in [0.3, 0.4) is 0 Å². The Hall–Kier alpha value is -6.94. The summed E-state index contributed by atoms with van der Waals surface area (Å²) in [5, 5.41) is 5.26. The molecule has 0 unspecified atom stereocenters. The van der Waals surface area contributed by atoms with E-state index < -0.39 is 0 Å². The van der Waals surface area contributed by atoms with Crippen molar-refractivity contribution < 1.29 is 0 Å². The zero-order chi connectivity index (χ0) is 38.5. The van der Waals surface area contributed by atoms with Crippen LogP contribution in [0.2, 0.25) is 0 Å². The minimum absolute atomic E-state index is 0.178. The van der Waals surface area contributed by atoms with Crippen molar-refractivity contribution >= 4 is 66.5 Å². The second kappa shape index (κ2) is 12.5. The van der Waals surface area contributed by atoms with Crippen LogP contribution in [0.1, 0.15) is 25.0 Å². The van der Waals surface area contributed by atoms with Crippen LogP contribution in [0.4, 0.5) is 17.1 Å². The first kappa shape index (κ1) is 33.2. The van der Waals surface area contributed by atoms with Gasteiger partial charge in [0.15, 0.2) is 0 Å². The van der Waals surface area contributed by atoms with Gasteiger partial charge in [0, 0.05) is 43.2 Å². The van der Waals surface area contributed by atoms with Gasteiger partial charge in [-0.25, -0.2) is 0 Å². The lowest BCUT2D eigenvalue weighted by Gasteiger charge is -2.32. The Kier molecular flexibility index (Phi) is 7.18. The van der Waals surface area contributed by atoms with Crippen molar-refractivity contribution in [3.05, 3.63) is 205 Å². The molecule has 0 radical (unpaired) electrons. The van der Waals surface area contributed by atoms with Gasteiger partial charge in [-0.15, -0.1) is 11.3 Å². The highest BCUT2D eigenvalue weighted by Crippen LogP contribution is 2.55. The molecule has 3 heteroatoms. The Balaban J connectivity index is 1.08. The van der Waals surface area contributed by atoms with Crippen LogP contribution < -0.4 is 4.90 Å². The lowest BCUT2D eigenvalue weighted by Crippen LogP contribution is -2.20. The predicted octanol–water partition coefficient (Wildman–Crippen LogP) is 15.7. The van der Waals surface area contributed by atoms with Gasteiger partial charge in [0.05, 0.1) is 27.1 Å². The van der Waals surface area contributed by atoms with E-state index in [1.54, 1.807) is 0 Å². The molecule has 0 amide bonds. The maximum Gasteiger partial charge on any atom is 0.0734 e. The molecule has 0 saturated heterocycles. The van der Waals surface area contributed by atoms with Crippen molar-refractivity contribution in [1.82, 2.24) is 4.40 Å². The second-order valence-electron chi connectivity index (χ2n) is 16.1. The van der Waals surface area contributed by atoms with Crippen LogP contribution in [-0.2, 0) is 5.41 Å². The molecule has 0 aliphatic heterocycles. The van der Waals surface area contributed by atoms with Crippen LogP contribution in [0.25, 0.3) is 81.2 Å². The molecule has 0 bridgehead atoms. The lowest BCUT2D eigenvalue weighted by atomic mass is 9.81. The van der Waals surface area contributed by atoms with E-state index >= 15 is 0 Å². The van der Waals surface area contributed by atoms with Crippen molar-refractivity contribution in [2.24, 2.45) is 0 Å². The van der Waals surface area contributed by atoms with Crippen LogP contribution in [-0.4, -0.2) is 4.40 Å². The monoisotopic (exact) mass is 758 g/mol. The maximum absolute atomic E-state index is 2.54. The Morgan fingerprint density at radius 3 is 1.90 bits per heavy atom. The maximum atomic E-state index is 2.54. The number of fused-ring (bicyclic) bond motifs is 9. The average molecular weight is 759 g/mol. The molecule has 0 spiro atoms. The van der Waals surface area contributed by atoms with E-state index in [-0.39, 0.29) is 5.41 Å². The molecule has 58 heavy (non-hydrogen) atoms. The Morgan fingerprint density at radius 1 is 0.448 bits per heavy atom. The minimum atomic E-state index is -0.178. The molecule has 2 nitrogen and oxygen atoms in total. The lowest BCUT2D eigenvalue weighted by molar-refractivity contribution is 0.661. The molecule has 11 aromatic rings. The fourth-order valence-corrected chi connectivity index (χ4v) is 11.3. The van der Waals surface area contributed by atoms with E-state index in [1.165, 1.54) is 98.0 Å². The van der Waals surface area contributed by atoms with Gasteiger partial charge in [0.1, 0.15) is 0 Å². The first-order chi connectivity index (χ1) is 28.6. The summed E-state index contributed by atoms with van der Waals surface area (Å²) >= 11 is 1.91. The quantitative estimate of drug-likeness (QED) is 0.164. The number of hydrogen-bond acceptors (Lipinski definition) is 2. The molecule has 1 aliphatic rings. The van der Waals surface area contributed by atoms with Gasteiger partial charge in [-0.05, 0) is 80.9 Å². The number of benzene rings is 8. The van der Waals surface area contributed by atoms with E-state index in [2.05, 4.69) is 217 Å². The number of aromatic nitrogens is 1. The fourth-order valence-electron chi connectivity index (χ4n) is 9.98. The molecule has 0 saturated carbocycles. The third-order valence-electron chi connectivity index (χ3n) is 12.5. The number of nitrogens with zero attached hydrogens (tertiary/aromatic N) is 2. The minimum Gasteiger partial charge on any atom is -0.310 e. The summed E-state index contributed by atoms with van der Waals surface area (Å²) in [6, 6.07) is 71.5.